The normalized spacial score (nSPS) is 10.7. The maximum absolute atomic E-state index is 5.89. The summed E-state index contributed by atoms with van der Waals surface area (Å²) in [5.74, 6) is 0. The third kappa shape index (κ3) is 2.47. The van der Waals surface area contributed by atoms with Crippen molar-refractivity contribution in [3.8, 4) is 0 Å². The first kappa shape index (κ1) is 11.5. The first-order chi connectivity index (χ1) is 8.81. The van der Waals surface area contributed by atoms with Gasteiger partial charge in [-0.15, -0.1) is 11.3 Å². The molecule has 0 bridgehead atoms. The van der Waals surface area contributed by atoms with E-state index >= 15 is 0 Å². The van der Waals surface area contributed by atoms with E-state index in [2.05, 4.69) is 22.4 Å². The Labute approximate surface area is 114 Å². The van der Waals surface area contributed by atoms with Gasteiger partial charge in [-0.2, -0.15) is 0 Å². The second kappa shape index (κ2) is 4.96. The zero-order valence-corrected chi connectivity index (χ0v) is 11.1. The Morgan fingerprint density at radius 1 is 1.22 bits per heavy atom. The summed E-state index contributed by atoms with van der Waals surface area (Å²) < 4.78 is 0. The van der Waals surface area contributed by atoms with Gasteiger partial charge in [-0.1, -0.05) is 29.8 Å². The van der Waals surface area contributed by atoms with Crippen molar-refractivity contribution in [2.75, 3.05) is 5.32 Å². The minimum Gasteiger partial charge on any atom is -0.379 e. The second-order valence-corrected chi connectivity index (χ2v) is 5.43. The highest BCUT2D eigenvalue weighted by molar-refractivity contribution is 7.10. The fraction of sp³-hybridized carbons (Fsp3) is 0.0714. The number of halogens is 1. The minimum absolute atomic E-state index is 0.775. The van der Waals surface area contributed by atoms with Gasteiger partial charge in [0.1, 0.15) is 0 Å². The van der Waals surface area contributed by atoms with Gasteiger partial charge < -0.3 is 5.32 Å². The van der Waals surface area contributed by atoms with Crippen LogP contribution in [0.5, 0.6) is 0 Å². The lowest BCUT2D eigenvalue weighted by atomic mass is 10.2. The molecular formula is C14H11ClN2S. The number of para-hydroxylation sites is 1. The molecule has 1 aromatic carbocycles. The lowest BCUT2D eigenvalue weighted by Gasteiger charge is -2.05. The molecule has 3 aromatic rings. The van der Waals surface area contributed by atoms with Crippen molar-refractivity contribution in [1.29, 1.82) is 0 Å². The highest BCUT2D eigenvalue weighted by Gasteiger charge is 2.00. The smallest absolute Gasteiger partial charge is 0.0703 e. The van der Waals surface area contributed by atoms with Gasteiger partial charge >= 0.3 is 0 Å². The van der Waals surface area contributed by atoms with Crippen LogP contribution in [0.1, 0.15) is 4.88 Å². The number of hydrogen-bond acceptors (Lipinski definition) is 3. The topological polar surface area (TPSA) is 24.9 Å². The molecule has 3 rings (SSSR count). The molecule has 0 unspecified atom stereocenters. The summed E-state index contributed by atoms with van der Waals surface area (Å²) in [6.07, 6.45) is 1.86. The molecule has 0 saturated heterocycles. The summed E-state index contributed by atoms with van der Waals surface area (Å²) in [6.45, 7) is 0.775. The van der Waals surface area contributed by atoms with Crippen LogP contribution in [0.4, 0.5) is 5.69 Å². The van der Waals surface area contributed by atoms with Gasteiger partial charge in [0.05, 0.1) is 22.4 Å². The number of aromatic nitrogens is 1. The third-order valence-corrected chi connectivity index (χ3v) is 3.96. The fourth-order valence-electron chi connectivity index (χ4n) is 1.80. The number of pyridine rings is 1. The minimum atomic E-state index is 0.775. The number of fused-ring (bicyclic) bond motifs is 1. The first-order valence-corrected chi connectivity index (χ1v) is 6.88. The Kier molecular flexibility index (Phi) is 3.17. The van der Waals surface area contributed by atoms with E-state index < -0.39 is 0 Å². The quantitative estimate of drug-likeness (QED) is 0.757. The Balaban J connectivity index is 1.78. The van der Waals surface area contributed by atoms with E-state index in [4.69, 9.17) is 11.6 Å². The lowest BCUT2D eigenvalue weighted by molar-refractivity contribution is 1.18. The number of anilines is 1. The van der Waals surface area contributed by atoms with Crippen molar-refractivity contribution in [3.05, 3.63) is 57.9 Å². The van der Waals surface area contributed by atoms with Crippen molar-refractivity contribution in [2.24, 2.45) is 0 Å². The molecule has 2 heterocycles. The van der Waals surface area contributed by atoms with E-state index in [1.165, 1.54) is 4.88 Å². The van der Waals surface area contributed by atoms with E-state index in [0.29, 0.717) is 0 Å². The summed E-state index contributed by atoms with van der Waals surface area (Å²) in [5.41, 5.74) is 2.04. The van der Waals surface area contributed by atoms with Crippen LogP contribution in [-0.2, 0) is 6.54 Å². The van der Waals surface area contributed by atoms with Crippen molar-refractivity contribution >= 4 is 39.5 Å². The van der Waals surface area contributed by atoms with E-state index in [-0.39, 0.29) is 0 Å². The fourth-order valence-corrected chi connectivity index (χ4v) is 2.82. The molecule has 0 fully saturated rings. The highest BCUT2D eigenvalue weighted by atomic mass is 35.5. The number of rotatable bonds is 3. The molecule has 0 radical (unpaired) electrons. The van der Waals surface area contributed by atoms with Gasteiger partial charge in [-0.25, -0.2) is 0 Å². The summed E-state index contributed by atoms with van der Waals surface area (Å²) in [6, 6.07) is 12.2. The molecule has 2 aromatic heterocycles. The van der Waals surface area contributed by atoms with Crippen LogP contribution in [-0.4, -0.2) is 4.98 Å². The lowest BCUT2D eigenvalue weighted by Crippen LogP contribution is -1.97. The van der Waals surface area contributed by atoms with Gasteiger partial charge in [0.2, 0.25) is 0 Å². The number of nitrogens with one attached hydrogen (secondary N) is 1. The molecular weight excluding hydrogens is 264 g/mol. The maximum Gasteiger partial charge on any atom is 0.0703 e. The van der Waals surface area contributed by atoms with Crippen molar-refractivity contribution < 1.29 is 0 Å². The molecule has 0 aliphatic carbocycles. The van der Waals surface area contributed by atoms with Crippen molar-refractivity contribution in [3.63, 3.8) is 0 Å². The standard InChI is InChI=1S/C14H11ClN2S/c15-11-6-13(18-9-11)8-16-12-5-10-3-1-2-4-14(10)17-7-12/h1-7,9,16H,8H2. The molecule has 0 aliphatic rings. The number of nitrogens with zero attached hydrogens (tertiary/aromatic N) is 1. The van der Waals surface area contributed by atoms with Gasteiger partial charge in [-0.3, -0.25) is 4.98 Å². The Morgan fingerprint density at radius 3 is 2.94 bits per heavy atom. The van der Waals surface area contributed by atoms with Crippen LogP contribution in [0.3, 0.4) is 0 Å². The zero-order valence-electron chi connectivity index (χ0n) is 9.56. The van der Waals surface area contributed by atoms with Crippen LogP contribution in [0, 0.1) is 0 Å². The van der Waals surface area contributed by atoms with Gasteiger partial charge in [-0.05, 0) is 18.2 Å². The van der Waals surface area contributed by atoms with Crippen LogP contribution in [0.15, 0.2) is 48.0 Å². The van der Waals surface area contributed by atoms with Gasteiger partial charge in [0, 0.05) is 22.2 Å². The van der Waals surface area contributed by atoms with Crippen molar-refractivity contribution in [1.82, 2.24) is 4.98 Å². The summed E-state index contributed by atoms with van der Waals surface area (Å²) in [7, 11) is 0. The summed E-state index contributed by atoms with van der Waals surface area (Å²) in [5, 5.41) is 7.24. The molecule has 0 spiro atoms. The van der Waals surface area contributed by atoms with Gasteiger partial charge in [0.25, 0.3) is 0 Å². The van der Waals surface area contributed by atoms with E-state index in [1.54, 1.807) is 11.3 Å². The number of hydrogen-bond donors (Lipinski definition) is 1. The van der Waals surface area contributed by atoms with E-state index in [9.17, 15) is 0 Å². The Hall–Kier alpha value is -1.58. The molecule has 1 N–H and O–H groups in total. The average Bonchev–Trinajstić information content (AvgIpc) is 2.82. The summed E-state index contributed by atoms with van der Waals surface area (Å²) in [4.78, 5) is 5.63. The molecule has 2 nitrogen and oxygen atoms in total. The van der Waals surface area contributed by atoms with Crippen LogP contribution in [0.25, 0.3) is 10.9 Å². The highest BCUT2D eigenvalue weighted by Crippen LogP contribution is 2.21. The van der Waals surface area contributed by atoms with Crippen LogP contribution in [0.2, 0.25) is 5.02 Å². The second-order valence-electron chi connectivity index (χ2n) is 4.00. The molecule has 0 aliphatic heterocycles. The maximum atomic E-state index is 5.89. The first-order valence-electron chi connectivity index (χ1n) is 5.63. The molecule has 0 amide bonds. The molecule has 18 heavy (non-hydrogen) atoms. The van der Waals surface area contributed by atoms with E-state index in [0.717, 1.165) is 28.2 Å². The molecule has 4 heteroatoms. The molecule has 0 saturated carbocycles. The predicted octanol–water partition coefficient (Wildman–Crippen LogP) is 4.56. The number of thiophene rings is 1. The van der Waals surface area contributed by atoms with E-state index in [1.807, 2.05) is 35.8 Å². The van der Waals surface area contributed by atoms with Crippen LogP contribution >= 0.6 is 22.9 Å². The Morgan fingerprint density at radius 2 is 2.11 bits per heavy atom. The van der Waals surface area contributed by atoms with Crippen molar-refractivity contribution in [2.45, 2.75) is 6.54 Å². The number of benzene rings is 1. The Bertz CT molecular complexity index is 678. The monoisotopic (exact) mass is 274 g/mol. The molecule has 0 atom stereocenters. The SMILES string of the molecule is Clc1csc(CNc2cnc3ccccc3c2)c1. The average molecular weight is 275 g/mol. The third-order valence-electron chi connectivity index (χ3n) is 2.68. The zero-order chi connectivity index (χ0) is 12.4. The predicted molar refractivity (Wildman–Crippen MR) is 78.4 cm³/mol. The van der Waals surface area contributed by atoms with Crippen LogP contribution < -0.4 is 5.32 Å². The summed E-state index contributed by atoms with van der Waals surface area (Å²) >= 11 is 7.55. The largest absolute Gasteiger partial charge is 0.379 e. The molecule has 90 valence electrons. The van der Waals surface area contributed by atoms with Gasteiger partial charge in [0.15, 0.2) is 0 Å².